The summed E-state index contributed by atoms with van der Waals surface area (Å²) >= 11 is 1.50. The van der Waals surface area contributed by atoms with Crippen LogP contribution in [0.1, 0.15) is 43.7 Å². The molecule has 7 heteroatoms. The molecule has 1 heterocycles. The minimum atomic E-state index is -3.24. The van der Waals surface area contributed by atoms with Crippen LogP contribution in [0.3, 0.4) is 0 Å². The van der Waals surface area contributed by atoms with E-state index in [1.807, 2.05) is 29.8 Å². The number of carbonyl (C=O) groups excluding carboxylic acids is 1. The largest absolute Gasteiger partial charge is 0.319 e. The molecule has 0 aliphatic rings. The number of thiazole rings is 1. The number of benzene rings is 2. The van der Waals surface area contributed by atoms with Crippen molar-refractivity contribution in [1.82, 2.24) is 4.57 Å². The lowest BCUT2D eigenvalue weighted by atomic mass is 10.1. The number of hydrogen-bond donors (Lipinski definition) is 0. The van der Waals surface area contributed by atoms with E-state index < -0.39 is 9.84 Å². The number of unbranched alkanes of at least 4 members (excludes halogenated alkanes) is 1. The first-order chi connectivity index (χ1) is 14.4. The summed E-state index contributed by atoms with van der Waals surface area (Å²) in [6, 6.07) is 15.5. The number of hydrogen-bond acceptors (Lipinski definition) is 4. The van der Waals surface area contributed by atoms with Gasteiger partial charge in [-0.15, -0.1) is 0 Å². The molecule has 1 aromatic heterocycles. The van der Waals surface area contributed by atoms with E-state index in [0.29, 0.717) is 4.80 Å². The SMILES string of the molecule is CCCCc1ccc2c(c1)sc(=NC(=O)CCCS(=O)(=O)Cc1ccccc1)n2C. The Labute approximate surface area is 182 Å². The summed E-state index contributed by atoms with van der Waals surface area (Å²) in [4.78, 5) is 17.2. The Bertz CT molecular complexity index is 1180. The number of amides is 1. The predicted molar refractivity (Wildman–Crippen MR) is 123 cm³/mol. The van der Waals surface area contributed by atoms with Gasteiger partial charge in [0, 0.05) is 13.5 Å². The Morgan fingerprint density at radius 2 is 1.83 bits per heavy atom. The smallest absolute Gasteiger partial charge is 0.248 e. The van der Waals surface area contributed by atoms with E-state index in [-0.39, 0.29) is 30.3 Å². The summed E-state index contributed by atoms with van der Waals surface area (Å²) in [5.74, 6) is -0.286. The molecule has 160 valence electrons. The zero-order valence-electron chi connectivity index (χ0n) is 17.5. The molecule has 3 aromatic rings. The minimum Gasteiger partial charge on any atom is -0.319 e. The Morgan fingerprint density at radius 3 is 2.57 bits per heavy atom. The molecule has 0 fully saturated rings. The van der Waals surface area contributed by atoms with Gasteiger partial charge in [-0.25, -0.2) is 8.42 Å². The normalized spacial score (nSPS) is 12.5. The molecule has 0 N–H and O–H groups in total. The van der Waals surface area contributed by atoms with Gasteiger partial charge < -0.3 is 4.57 Å². The summed E-state index contributed by atoms with van der Waals surface area (Å²) in [5, 5.41) is 0. The summed E-state index contributed by atoms with van der Waals surface area (Å²) < 4.78 is 27.6. The zero-order valence-corrected chi connectivity index (χ0v) is 19.1. The molecule has 5 nitrogen and oxygen atoms in total. The Kier molecular flexibility index (Phi) is 7.61. The first kappa shape index (κ1) is 22.4. The lowest BCUT2D eigenvalue weighted by molar-refractivity contribution is -0.118. The molecule has 0 aliphatic heterocycles. The van der Waals surface area contributed by atoms with Crippen LogP contribution in [-0.2, 0) is 33.9 Å². The average molecular weight is 445 g/mol. The third-order valence-corrected chi connectivity index (χ3v) is 7.77. The topological polar surface area (TPSA) is 68.5 Å². The maximum atomic E-state index is 12.3. The molecule has 0 spiro atoms. The highest BCUT2D eigenvalue weighted by molar-refractivity contribution is 7.90. The quantitative estimate of drug-likeness (QED) is 0.491. The Morgan fingerprint density at radius 1 is 1.07 bits per heavy atom. The van der Waals surface area contributed by atoms with Crippen molar-refractivity contribution in [2.24, 2.45) is 12.0 Å². The van der Waals surface area contributed by atoms with Crippen molar-refractivity contribution in [2.45, 2.75) is 44.8 Å². The Hall–Kier alpha value is -2.25. The maximum absolute atomic E-state index is 12.3. The van der Waals surface area contributed by atoms with Gasteiger partial charge in [-0.2, -0.15) is 4.99 Å². The highest BCUT2D eigenvalue weighted by Crippen LogP contribution is 2.19. The first-order valence-electron chi connectivity index (χ1n) is 10.3. The summed E-state index contributed by atoms with van der Waals surface area (Å²) in [5.41, 5.74) is 3.12. The fourth-order valence-corrected chi connectivity index (χ4v) is 5.86. The van der Waals surface area contributed by atoms with E-state index in [2.05, 4.69) is 30.1 Å². The molecule has 0 atom stereocenters. The number of nitrogens with zero attached hydrogens (tertiary/aromatic N) is 2. The molecule has 0 radical (unpaired) electrons. The van der Waals surface area contributed by atoms with E-state index in [4.69, 9.17) is 0 Å². The van der Waals surface area contributed by atoms with Gasteiger partial charge in [0.25, 0.3) is 0 Å². The molecule has 0 saturated carbocycles. The van der Waals surface area contributed by atoms with Crippen LogP contribution in [-0.4, -0.2) is 24.6 Å². The molecule has 3 rings (SSSR count). The van der Waals surface area contributed by atoms with Crippen LogP contribution in [0.4, 0.5) is 0 Å². The standard InChI is InChI=1S/C23H28N2O3S2/c1-3-4-9-18-13-14-20-21(16-18)29-23(25(20)2)24-22(26)12-8-15-30(27,28)17-19-10-6-5-7-11-19/h5-7,10-11,13-14,16H,3-4,8-9,12,15,17H2,1-2H3. The van der Waals surface area contributed by atoms with Gasteiger partial charge in [-0.3, -0.25) is 4.79 Å². The van der Waals surface area contributed by atoms with Crippen molar-refractivity contribution >= 4 is 37.3 Å². The van der Waals surface area contributed by atoms with Gasteiger partial charge >= 0.3 is 0 Å². The molecule has 1 amide bonds. The average Bonchev–Trinajstić information content (AvgIpc) is 3.01. The number of aromatic nitrogens is 1. The van der Waals surface area contributed by atoms with Gasteiger partial charge in [0.05, 0.1) is 21.7 Å². The van der Waals surface area contributed by atoms with Gasteiger partial charge in [-0.1, -0.05) is 61.1 Å². The molecule has 0 aliphatic carbocycles. The highest BCUT2D eigenvalue weighted by atomic mass is 32.2. The maximum Gasteiger partial charge on any atom is 0.248 e. The van der Waals surface area contributed by atoms with Crippen molar-refractivity contribution in [2.75, 3.05) is 5.75 Å². The van der Waals surface area contributed by atoms with Crippen molar-refractivity contribution in [3.05, 3.63) is 64.5 Å². The van der Waals surface area contributed by atoms with E-state index in [1.54, 1.807) is 12.1 Å². The van der Waals surface area contributed by atoms with E-state index >= 15 is 0 Å². The number of rotatable bonds is 9. The summed E-state index contributed by atoms with van der Waals surface area (Å²) in [7, 11) is -1.34. The van der Waals surface area contributed by atoms with E-state index in [0.717, 1.165) is 35.0 Å². The molecule has 0 saturated heterocycles. The fraction of sp³-hybridized carbons (Fsp3) is 0.391. The first-order valence-corrected chi connectivity index (χ1v) is 12.9. The number of sulfone groups is 1. The Balaban J connectivity index is 1.63. The highest BCUT2D eigenvalue weighted by Gasteiger charge is 2.13. The molecule has 0 unspecified atom stereocenters. The van der Waals surface area contributed by atoms with Crippen molar-refractivity contribution in [1.29, 1.82) is 0 Å². The van der Waals surface area contributed by atoms with E-state index in [1.165, 1.54) is 16.9 Å². The second kappa shape index (κ2) is 10.2. The van der Waals surface area contributed by atoms with Crippen LogP contribution in [0.15, 0.2) is 53.5 Å². The third kappa shape index (κ3) is 6.12. The lowest BCUT2D eigenvalue weighted by Crippen LogP contribution is -2.14. The van der Waals surface area contributed by atoms with Gasteiger partial charge in [0.1, 0.15) is 0 Å². The van der Waals surface area contributed by atoms with Crippen LogP contribution in [0.25, 0.3) is 10.2 Å². The summed E-state index contributed by atoms with van der Waals surface area (Å²) in [6.07, 6.45) is 3.78. The van der Waals surface area contributed by atoms with Crippen LogP contribution in [0.2, 0.25) is 0 Å². The van der Waals surface area contributed by atoms with Crippen molar-refractivity contribution < 1.29 is 13.2 Å². The van der Waals surface area contributed by atoms with Crippen molar-refractivity contribution in [3.63, 3.8) is 0 Å². The number of carbonyl (C=O) groups is 1. The van der Waals surface area contributed by atoms with Gasteiger partial charge in [-0.05, 0) is 42.5 Å². The molecule has 30 heavy (non-hydrogen) atoms. The second-order valence-corrected chi connectivity index (χ2v) is 10.7. The van der Waals surface area contributed by atoms with Gasteiger partial charge in [0.15, 0.2) is 14.6 Å². The molecule has 2 aromatic carbocycles. The minimum absolute atomic E-state index is 0.00477. The van der Waals surface area contributed by atoms with Crippen LogP contribution >= 0.6 is 11.3 Å². The fourth-order valence-electron chi connectivity index (χ4n) is 3.33. The molecular formula is C23H28N2O3S2. The zero-order chi connectivity index (χ0) is 21.6. The van der Waals surface area contributed by atoms with E-state index in [9.17, 15) is 13.2 Å². The van der Waals surface area contributed by atoms with Crippen LogP contribution in [0.5, 0.6) is 0 Å². The van der Waals surface area contributed by atoms with Gasteiger partial charge in [0.2, 0.25) is 5.91 Å². The summed E-state index contributed by atoms with van der Waals surface area (Å²) in [6.45, 7) is 2.18. The molecule has 0 bridgehead atoms. The van der Waals surface area contributed by atoms with Crippen LogP contribution in [0, 0.1) is 0 Å². The molecular weight excluding hydrogens is 416 g/mol. The monoisotopic (exact) mass is 444 g/mol. The number of fused-ring (bicyclic) bond motifs is 1. The lowest BCUT2D eigenvalue weighted by Gasteiger charge is -2.03. The van der Waals surface area contributed by atoms with Crippen LogP contribution < -0.4 is 4.80 Å². The second-order valence-electron chi connectivity index (χ2n) is 7.54. The number of aryl methyl sites for hydroxylation is 2. The van der Waals surface area contributed by atoms with Crippen molar-refractivity contribution in [3.8, 4) is 0 Å². The third-order valence-electron chi connectivity index (χ3n) is 4.99. The predicted octanol–water partition coefficient (Wildman–Crippen LogP) is 4.40.